The van der Waals surface area contributed by atoms with Gasteiger partial charge in [0.15, 0.2) is 5.78 Å². The summed E-state index contributed by atoms with van der Waals surface area (Å²) < 4.78 is 6.10. The number of carbonyl (C=O) groups is 2. The van der Waals surface area contributed by atoms with Crippen LogP contribution in [-0.4, -0.2) is 17.9 Å². The molecule has 154 valence electrons. The Balaban J connectivity index is 1.36. The molecule has 1 aromatic carbocycles. The van der Waals surface area contributed by atoms with Gasteiger partial charge in [-0.05, 0) is 85.8 Å². The lowest BCUT2D eigenvalue weighted by Gasteiger charge is -2.58. The van der Waals surface area contributed by atoms with Crippen LogP contribution in [0.2, 0.25) is 0 Å². The molecule has 7 atom stereocenters. The van der Waals surface area contributed by atoms with Gasteiger partial charge in [0.2, 0.25) is 0 Å². The molecule has 0 unspecified atom stereocenters. The van der Waals surface area contributed by atoms with E-state index >= 15 is 0 Å². The van der Waals surface area contributed by atoms with E-state index in [0.29, 0.717) is 35.0 Å². The molecule has 0 N–H and O–H groups in total. The van der Waals surface area contributed by atoms with Gasteiger partial charge in [-0.15, -0.1) is 0 Å². The molecule has 29 heavy (non-hydrogen) atoms. The second-order valence-electron chi connectivity index (χ2n) is 10.4. The van der Waals surface area contributed by atoms with Crippen molar-refractivity contribution in [1.29, 1.82) is 0 Å². The Morgan fingerprint density at radius 3 is 2.59 bits per heavy atom. The Labute approximate surface area is 173 Å². The molecule has 0 aliphatic heterocycles. The summed E-state index contributed by atoms with van der Waals surface area (Å²) in [5.41, 5.74) is 0.901. The van der Waals surface area contributed by atoms with Crippen LogP contribution >= 0.6 is 0 Å². The molecule has 0 heterocycles. The van der Waals surface area contributed by atoms with Crippen LogP contribution in [-0.2, 0) is 9.53 Å². The van der Waals surface area contributed by atoms with Crippen molar-refractivity contribution in [2.45, 2.75) is 64.9 Å². The summed E-state index contributed by atoms with van der Waals surface area (Å²) in [5.74, 6) is 2.61. The molecule has 3 nitrogen and oxygen atoms in total. The molecule has 4 aliphatic rings. The van der Waals surface area contributed by atoms with E-state index in [1.54, 1.807) is 0 Å². The van der Waals surface area contributed by atoms with Gasteiger partial charge >= 0.3 is 5.97 Å². The Morgan fingerprint density at radius 2 is 1.79 bits per heavy atom. The first kappa shape index (κ1) is 19.1. The molecule has 0 saturated heterocycles. The highest BCUT2D eigenvalue weighted by Gasteiger charge is 2.60. The maximum absolute atomic E-state index is 12.7. The molecule has 3 fully saturated rings. The minimum Gasteiger partial charge on any atom is -0.458 e. The van der Waals surface area contributed by atoms with Crippen molar-refractivity contribution in [3.63, 3.8) is 0 Å². The van der Waals surface area contributed by atoms with Gasteiger partial charge in [-0.3, -0.25) is 4.79 Å². The van der Waals surface area contributed by atoms with Gasteiger partial charge in [-0.1, -0.05) is 38.1 Å². The van der Waals surface area contributed by atoms with Crippen molar-refractivity contribution < 1.29 is 14.3 Å². The number of ketones is 1. The summed E-state index contributed by atoms with van der Waals surface area (Å²) >= 11 is 0. The Bertz CT molecular complexity index is 843. The number of rotatable bonds is 2. The number of ether oxygens (including phenoxy) is 1. The molecule has 0 spiro atoms. The van der Waals surface area contributed by atoms with Crippen LogP contribution in [0.4, 0.5) is 0 Å². The maximum Gasteiger partial charge on any atom is 0.338 e. The van der Waals surface area contributed by atoms with Gasteiger partial charge in [0, 0.05) is 11.8 Å². The zero-order chi connectivity index (χ0) is 20.2. The molecule has 1 aromatic rings. The largest absolute Gasteiger partial charge is 0.458 e. The molecule has 4 aliphatic carbocycles. The van der Waals surface area contributed by atoms with Crippen molar-refractivity contribution in [2.24, 2.45) is 34.5 Å². The smallest absolute Gasteiger partial charge is 0.338 e. The number of allylic oxidation sites excluding steroid dienone is 2. The Kier molecular flexibility index (Phi) is 4.49. The Hall–Kier alpha value is -1.90. The van der Waals surface area contributed by atoms with Gasteiger partial charge in [-0.25, -0.2) is 4.79 Å². The molecule has 0 amide bonds. The van der Waals surface area contributed by atoms with Crippen LogP contribution in [0, 0.1) is 34.5 Å². The van der Waals surface area contributed by atoms with E-state index in [9.17, 15) is 9.59 Å². The summed E-state index contributed by atoms with van der Waals surface area (Å²) in [7, 11) is 0. The molecule has 0 bridgehead atoms. The van der Waals surface area contributed by atoms with Crippen LogP contribution in [0.1, 0.15) is 69.2 Å². The van der Waals surface area contributed by atoms with E-state index in [1.807, 2.05) is 36.4 Å². The normalized spacial score (nSPS) is 43.2. The molecule has 5 rings (SSSR count). The van der Waals surface area contributed by atoms with Gasteiger partial charge in [0.1, 0.15) is 6.10 Å². The zero-order valence-corrected chi connectivity index (χ0v) is 17.6. The van der Waals surface area contributed by atoms with Crippen LogP contribution in [0.5, 0.6) is 0 Å². The van der Waals surface area contributed by atoms with Crippen LogP contribution < -0.4 is 0 Å². The molecule has 0 aromatic heterocycles. The molecule has 3 heteroatoms. The first-order valence-corrected chi connectivity index (χ1v) is 11.4. The van der Waals surface area contributed by atoms with E-state index < -0.39 is 0 Å². The van der Waals surface area contributed by atoms with E-state index in [2.05, 4.69) is 19.9 Å². The molecule has 0 radical (unpaired) electrons. The van der Waals surface area contributed by atoms with Crippen molar-refractivity contribution >= 4 is 11.8 Å². The minimum absolute atomic E-state index is 0.0233. The third-order valence-electron chi connectivity index (χ3n) is 9.21. The molecule has 3 saturated carbocycles. The second kappa shape index (κ2) is 6.82. The average molecular weight is 393 g/mol. The second-order valence-corrected chi connectivity index (χ2v) is 10.4. The SMILES string of the molecule is C[C@]12C=CC(=O)C[C@@H]1CC[C@@H]1[C@@H]2CC[C@]2(C)[C@@H](OC(=O)c3ccccc3)CC[C@@H]12. The topological polar surface area (TPSA) is 43.4 Å². The summed E-state index contributed by atoms with van der Waals surface area (Å²) in [5, 5.41) is 0. The van der Waals surface area contributed by atoms with Crippen molar-refractivity contribution in [3.05, 3.63) is 48.0 Å². The number of carbonyl (C=O) groups excluding carboxylic acids is 2. The predicted octanol–water partition coefficient (Wildman–Crippen LogP) is 5.60. The summed E-state index contributed by atoms with van der Waals surface area (Å²) in [6, 6.07) is 9.39. The number of hydrogen-bond donors (Lipinski definition) is 0. The Morgan fingerprint density at radius 1 is 1.00 bits per heavy atom. The van der Waals surface area contributed by atoms with Crippen molar-refractivity contribution in [3.8, 4) is 0 Å². The number of fused-ring (bicyclic) bond motifs is 5. The van der Waals surface area contributed by atoms with Gasteiger partial charge in [0.05, 0.1) is 5.56 Å². The van der Waals surface area contributed by atoms with E-state index in [-0.39, 0.29) is 22.9 Å². The number of hydrogen-bond acceptors (Lipinski definition) is 3. The van der Waals surface area contributed by atoms with Crippen molar-refractivity contribution in [2.75, 3.05) is 0 Å². The fourth-order valence-corrected chi connectivity index (χ4v) is 7.55. The number of benzene rings is 1. The number of esters is 1. The van der Waals surface area contributed by atoms with Crippen LogP contribution in [0.15, 0.2) is 42.5 Å². The summed E-state index contributed by atoms with van der Waals surface area (Å²) in [6.45, 7) is 4.78. The van der Waals surface area contributed by atoms with Crippen LogP contribution in [0.3, 0.4) is 0 Å². The molecular weight excluding hydrogens is 360 g/mol. The summed E-state index contributed by atoms with van der Waals surface area (Å²) in [6.07, 6.45) is 11.7. The third kappa shape index (κ3) is 2.92. The van der Waals surface area contributed by atoms with E-state index in [0.717, 1.165) is 32.1 Å². The lowest BCUT2D eigenvalue weighted by molar-refractivity contribution is -0.124. The standard InChI is InChI=1S/C26H32O3/c1-25-14-12-19(27)16-18(25)8-9-20-21-10-11-23(26(21,2)15-13-22(20)25)29-24(28)17-6-4-3-5-7-17/h3-7,12,14,18,20-23H,8-11,13,15-16H2,1-2H3/t18-,20-,21-,22-,23-,25-,26-/m0/s1. The minimum atomic E-state index is -0.177. The fraction of sp³-hybridized carbons (Fsp3) is 0.615. The van der Waals surface area contributed by atoms with Crippen LogP contribution in [0.25, 0.3) is 0 Å². The average Bonchev–Trinajstić information content (AvgIpc) is 3.05. The quantitative estimate of drug-likeness (QED) is 0.615. The van der Waals surface area contributed by atoms with Gasteiger partial charge < -0.3 is 4.74 Å². The van der Waals surface area contributed by atoms with E-state index in [1.165, 1.54) is 12.8 Å². The zero-order valence-electron chi connectivity index (χ0n) is 17.6. The monoisotopic (exact) mass is 392 g/mol. The summed E-state index contributed by atoms with van der Waals surface area (Å²) in [4.78, 5) is 24.7. The highest BCUT2D eigenvalue weighted by atomic mass is 16.5. The molecular formula is C26H32O3. The highest BCUT2D eigenvalue weighted by Crippen LogP contribution is 2.65. The van der Waals surface area contributed by atoms with Gasteiger partial charge in [0.25, 0.3) is 0 Å². The lowest BCUT2D eigenvalue weighted by atomic mass is 9.46. The third-order valence-corrected chi connectivity index (χ3v) is 9.21. The van der Waals surface area contributed by atoms with Gasteiger partial charge in [-0.2, -0.15) is 0 Å². The van der Waals surface area contributed by atoms with Crippen molar-refractivity contribution in [1.82, 2.24) is 0 Å². The van der Waals surface area contributed by atoms with E-state index in [4.69, 9.17) is 4.74 Å². The fourth-order valence-electron chi connectivity index (χ4n) is 7.55. The lowest BCUT2D eigenvalue weighted by Crippen LogP contribution is -2.53. The first-order valence-electron chi connectivity index (χ1n) is 11.4. The predicted molar refractivity (Wildman–Crippen MR) is 112 cm³/mol. The maximum atomic E-state index is 12.7. The first-order chi connectivity index (χ1) is 13.9. The highest BCUT2D eigenvalue weighted by molar-refractivity contribution is 5.91.